The molecule has 0 heterocycles. The van der Waals surface area contributed by atoms with Gasteiger partial charge in [-0.2, -0.15) is 0 Å². The molecule has 4 heteroatoms. The molecule has 2 nitrogen and oxygen atoms in total. The highest BCUT2D eigenvalue weighted by atomic mass is 19.2. The first-order valence-corrected chi connectivity index (χ1v) is 6.75. The molecule has 0 amide bonds. The summed E-state index contributed by atoms with van der Waals surface area (Å²) in [7, 11) is 3.43. The normalized spacial score (nSPS) is 12.3. The molecule has 0 bridgehead atoms. The van der Waals surface area contributed by atoms with Gasteiger partial charge in [-0.3, -0.25) is 0 Å². The van der Waals surface area contributed by atoms with E-state index in [1.807, 2.05) is 26.0 Å². The van der Waals surface area contributed by atoms with Crippen molar-refractivity contribution in [3.05, 3.63) is 64.2 Å². The third-order valence-corrected chi connectivity index (χ3v) is 3.59. The van der Waals surface area contributed by atoms with E-state index in [9.17, 15) is 8.78 Å². The Hall–Kier alpha value is -1.94. The molecule has 2 aromatic rings. The number of methoxy groups -OCH3 is 1. The summed E-state index contributed by atoms with van der Waals surface area (Å²) >= 11 is 0. The Bertz CT molecular complexity index is 632. The van der Waals surface area contributed by atoms with Crippen LogP contribution in [-0.2, 0) is 0 Å². The van der Waals surface area contributed by atoms with E-state index in [2.05, 4.69) is 5.32 Å². The van der Waals surface area contributed by atoms with Crippen LogP contribution in [-0.4, -0.2) is 14.2 Å². The van der Waals surface area contributed by atoms with Gasteiger partial charge in [0.1, 0.15) is 5.75 Å². The Labute approximate surface area is 123 Å². The number of benzene rings is 2. The van der Waals surface area contributed by atoms with Crippen LogP contribution in [0, 0.1) is 25.5 Å². The van der Waals surface area contributed by atoms with E-state index in [1.54, 1.807) is 20.2 Å². The molecule has 0 saturated heterocycles. The molecule has 0 aliphatic heterocycles. The van der Waals surface area contributed by atoms with Gasteiger partial charge in [-0.15, -0.1) is 0 Å². The summed E-state index contributed by atoms with van der Waals surface area (Å²) in [5.74, 6) is -0.829. The van der Waals surface area contributed by atoms with Crippen LogP contribution in [0.4, 0.5) is 8.78 Å². The molecule has 0 aliphatic carbocycles. The number of aryl methyl sites for hydroxylation is 2. The molecule has 2 rings (SSSR count). The molecule has 0 aromatic heterocycles. The molecular weight excluding hydrogens is 272 g/mol. The minimum absolute atomic E-state index is 0.205. The number of halogens is 2. The van der Waals surface area contributed by atoms with Crippen LogP contribution in [0.5, 0.6) is 5.75 Å². The topological polar surface area (TPSA) is 21.3 Å². The summed E-state index contributed by atoms with van der Waals surface area (Å²) < 4.78 is 31.9. The van der Waals surface area contributed by atoms with E-state index in [-0.39, 0.29) is 6.04 Å². The molecule has 0 saturated carbocycles. The van der Waals surface area contributed by atoms with Crippen LogP contribution >= 0.6 is 0 Å². The quantitative estimate of drug-likeness (QED) is 0.922. The maximum Gasteiger partial charge on any atom is 0.159 e. The largest absolute Gasteiger partial charge is 0.496 e. The minimum Gasteiger partial charge on any atom is -0.496 e. The first kappa shape index (κ1) is 15.4. The lowest BCUT2D eigenvalue weighted by Gasteiger charge is -2.20. The zero-order chi connectivity index (χ0) is 15.6. The fourth-order valence-electron chi connectivity index (χ4n) is 2.69. The van der Waals surface area contributed by atoms with Crippen LogP contribution in [0.15, 0.2) is 30.3 Å². The lowest BCUT2D eigenvalue weighted by atomic mass is 9.95. The van der Waals surface area contributed by atoms with Crippen molar-refractivity contribution in [3.63, 3.8) is 0 Å². The number of hydrogen-bond acceptors (Lipinski definition) is 2. The van der Waals surface area contributed by atoms with E-state index < -0.39 is 11.6 Å². The fraction of sp³-hybridized carbons (Fsp3) is 0.294. The third-order valence-electron chi connectivity index (χ3n) is 3.59. The van der Waals surface area contributed by atoms with Gasteiger partial charge in [0.2, 0.25) is 0 Å². The molecule has 1 atom stereocenters. The van der Waals surface area contributed by atoms with Crippen LogP contribution in [0.3, 0.4) is 0 Å². The van der Waals surface area contributed by atoms with E-state index in [0.29, 0.717) is 5.56 Å². The second-order valence-corrected chi connectivity index (χ2v) is 5.08. The third kappa shape index (κ3) is 3.05. The summed E-state index contributed by atoms with van der Waals surface area (Å²) in [5, 5.41) is 3.14. The first-order chi connectivity index (χ1) is 9.97. The van der Waals surface area contributed by atoms with E-state index in [4.69, 9.17) is 4.74 Å². The van der Waals surface area contributed by atoms with E-state index >= 15 is 0 Å². The summed E-state index contributed by atoms with van der Waals surface area (Å²) in [6, 6.07) is 7.75. The predicted molar refractivity (Wildman–Crippen MR) is 79.7 cm³/mol. The molecule has 0 fully saturated rings. The molecular formula is C17H19F2NO. The highest BCUT2D eigenvalue weighted by molar-refractivity contribution is 5.46. The van der Waals surface area contributed by atoms with Gasteiger partial charge < -0.3 is 10.1 Å². The highest BCUT2D eigenvalue weighted by Crippen LogP contribution is 2.30. The SMILES string of the molecule is CNC(c1cc(C)c(OC)c(C)c1)c1ccc(F)c(F)c1. The van der Waals surface area contributed by atoms with E-state index in [0.717, 1.165) is 28.5 Å². The van der Waals surface area contributed by atoms with Crippen LogP contribution in [0.25, 0.3) is 0 Å². The second-order valence-electron chi connectivity index (χ2n) is 5.08. The van der Waals surface area contributed by atoms with Gasteiger partial charge in [0.25, 0.3) is 0 Å². The highest BCUT2D eigenvalue weighted by Gasteiger charge is 2.16. The van der Waals surface area contributed by atoms with Crippen molar-refractivity contribution in [2.24, 2.45) is 0 Å². The van der Waals surface area contributed by atoms with Crippen molar-refractivity contribution >= 4 is 0 Å². The molecule has 1 N–H and O–H groups in total. The maximum atomic E-state index is 13.4. The zero-order valence-electron chi connectivity index (χ0n) is 12.6. The standard InChI is InChI=1S/C17H19F2NO/c1-10-7-13(8-11(2)17(10)21-4)16(20-3)12-5-6-14(18)15(19)9-12/h5-9,16,20H,1-4H3. The maximum absolute atomic E-state index is 13.4. The number of hydrogen-bond donors (Lipinski definition) is 1. The molecule has 2 aromatic carbocycles. The van der Waals surface area contributed by atoms with Gasteiger partial charge in [0.15, 0.2) is 11.6 Å². The Balaban J connectivity index is 2.48. The van der Waals surface area contributed by atoms with Gasteiger partial charge in [-0.25, -0.2) is 8.78 Å². The van der Waals surface area contributed by atoms with Gasteiger partial charge in [0, 0.05) is 0 Å². The molecule has 0 spiro atoms. The molecule has 0 aliphatic rings. The van der Waals surface area contributed by atoms with Crippen LogP contribution in [0.1, 0.15) is 28.3 Å². The van der Waals surface area contributed by atoms with Crippen molar-refractivity contribution in [3.8, 4) is 5.75 Å². The zero-order valence-corrected chi connectivity index (χ0v) is 12.6. The molecule has 112 valence electrons. The van der Waals surface area contributed by atoms with E-state index in [1.165, 1.54) is 6.07 Å². The number of rotatable bonds is 4. The fourth-order valence-corrected chi connectivity index (χ4v) is 2.69. The average molecular weight is 291 g/mol. The average Bonchev–Trinajstić information content (AvgIpc) is 2.43. The molecule has 0 radical (unpaired) electrons. The Morgan fingerprint density at radius 2 is 1.57 bits per heavy atom. The van der Waals surface area contributed by atoms with Crippen molar-refractivity contribution < 1.29 is 13.5 Å². The van der Waals surface area contributed by atoms with Gasteiger partial charge in [-0.05, 0) is 55.3 Å². The van der Waals surface area contributed by atoms with Crippen LogP contribution < -0.4 is 10.1 Å². The lowest BCUT2D eigenvalue weighted by Crippen LogP contribution is -2.18. The Morgan fingerprint density at radius 3 is 2.05 bits per heavy atom. The molecule has 1 unspecified atom stereocenters. The van der Waals surface area contributed by atoms with Gasteiger partial charge in [-0.1, -0.05) is 18.2 Å². The summed E-state index contributed by atoms with van der Waals surface area (Å²) in [6.45, 7) is 3.93. The lowest BCUT2D eigenvalue weighted by molar-refractivity contribution is 0.408. The van der Waals surface area contributed by atoms with Gasteiger partial charge >= 0.3 is 0 Å². The van der Waals surface area contributed by atoms with Crippen LogP contribution in [0.2, 0.25) is 0 Å². The monoisotopic (exact) mass is 291 g/mol. The first-order valence-electron chi connectivity index (χ1n) is 6.75. The smallest absolute Gasteiger partial charge is 0.159 e. The predicted octanol–water partition coefficient (Wildman–Crippen LogP) is 3.90. The summed E-state index contributed by atoms with van der Waals surface area (Å²) in [5.41, 5.74) is 3.69. The van der Waals surface area contributed by atoms with Crippen molar-refractivity contribution in [2.45, 2.75) is 19.9 Å². The Kier molecular flexibility index (Phi) is 4.58. The van der Waals surface area contributed by atoms with Gasteiger partial charge in [0.05, 0.1) is 13.2 Å². The Morgan fingerprint density at radius 1 is 0.952 bits per heavy atom. The summed E-state index contributed by atoms with van der Waals surface area (Å²) in [6.07, 6.45) is 0. The number of ether oxygens (including phenoxy) is 1. The van der Waals surface area contributed by atoms with Crippen molar-refractivity contribution in [1.29, 1.82) is 0 Å². The minimum atomic E-state index is -0.838. The molecule has 21 heavy (non-hydrogen) atoms. The second kappa shape index (κ2) is 6.22. The van der Waals surface area contributed by atoms with Crippen molar-refractivity contribution in [1.82, 2.24) is 5.32 Å². The van der Waals surface area contributed by atoms with Crippen molar-refractivity contribution in [2.75, 3.05) is 14.2 Å². The summed E-state index contributed by atoms with van der Waals surface area (Å²) in [4.78, 5) is 0. The number of nitrogens with one attached hydrogen (secondary N) is 1.